The van der Waals surface area contributed by atoms with Crippen LogP contribution < -0.4 is 10.4 Å². The van der Waals surface area contributed by atoms with Gasteiger partial charge in [-0.1, -0.05) is 167 Å². The van der Waals surface area contributed by atoms with Crippen molar-refractivity contribution in [3.63, 3.8) is 0 Å². The third kappa shape index (κ3) is 5.90. The maximum atomic E-state index is 5.72. The van der Waals surface area contributed by atoms with Gasteiger partial charge in [0.25, 0.3) is 0 Å². The summed E-state index contributed by atoms with van der Waals surface area (Å²) in [6.07, 6.45) is 3.87. The molecule has 0 saturated heterocycles. The number of fused-ring (bicyclic) bond motifs is 10. The average molecular weight is 785 g/mol. The molecule has 0 fully saturated rings. The Hall–Kier alpha value is -7.82. The molecule has 61 heavy (non-hydrogen) atoms. The second-order valence-corrected chi connectivity index (χ2v) is 15.7. The van der Waals surface area contributed by atoms with E-state index in [1.807, 2.05) is 12.2 Å². The number of benzene rings is 9. The molecule has 292 valence electrons. The van der Waals surface area contributed by atoms with Gasteiger partial charge in [-0.05, 0) is 80.0 Å². The van der Waals surface area contributed by atoms with E-state index in [9.17, 15) is 0 Å². The molecule has 2 aromatic heterocycles. The van der Waals surface area contributed by atoms with Crippen molar-refractivity contribution in [2.45, 2.75) is 19.8 Å². The van der Waals surface area contributed by atoms with Crippen molar-refractivity contribution >= 4 is 77.8 Å². The van der Waals surface area contributed by atoms with Gasteiger partial charge in [0.15, 0.2) is 0 Å². The van der Waals surface area contributed by atoms with Crippen LogP contribution in [0.4, 0.5) is 0 Å². The minimum Gasteiger partial charge on any atom is -0.292 e. The number of hydrogen-bond acceptors (Lipinski definition) is 2. The Bertz CT molecular complexity index is 3620. The molecular formula is C57H44N4. The van der Waals surface area contributed by atoms with E-state index in [-0.39, 0.29) is 0 Å². The molecule has 0 saturated carbocycles. The first-order valence-electron chi connectivity index (χ1n) is 20.8. The molecule has 4 nitrogen and oxygen atoms in total. The van der Waals surface area contributed by atoms with Crippen LogP contribution in [0.1, 0.15) is 25.3 Å². The van der Waals surface area contributed by atoms with Gasteiger partial charge in [0.05, 0.1) is 22.1 Å². The molecule has 0 aliphatic rings. The lowest BCUT2D eigenvalue weighted by molar-refractivity contribution is 0.869. The van der Waals surface area contributed by atoms with E-state index in [4.69, 9.17) is 9.97 Å². The third-order valence-electron chi connectivity index (χ3n) is 12.0. The molecule has 0 atom stereocenters. The molecule has 9 aromatic carbocycles. The van der Waals surface area contributed by atoms with Crippen molar-refractivity contribution in [3.8, 4) is 34.2 Å². The summed E-state index contributed by atoms with van der Waals surface area (Å²) >= 11 is 0. The number of para-hydroxylation sites is 2. The Morgan fingerprint density at radius 1 is 0.508 bits per heavy atom. The van der Waals surface area contributed by atoms with Crippen molar-refractivity contribution < 1.29 is 0 Å². The Morgan fingerprint density at radius 3 is 1.79 bits per heavy atom. The summed E-state index contributed by atoms with van der Waals surface area (Å²) in [5.41, 5.74) is 9.46. The highest BCUT2D eigenvalue weighted by Crippen LogP contribution is 2.43. The SMILES string of the molecule is C=C.C=C/C=c1\c(=C)c2ccccc2c2c1nc(-c1ccc3c4ccc(C(C)C)cc4c4c(nc(-c5cccc6ccccc56)n4-c4ccccc4)c3c1)n2-c1ccccc1. The van der Waals surface area contributed by atoms with Gasteiger partial charge in [-0.15, -0.1) is 13.2 Å². The Labute approximate surface area is 355 Å². The molecular weight excluding hydrogens is 741 g/mol. The molecule has 0 aliphatic heterocycles. The fourth-order valence-electron chi connectivity index (χ4n) is 9.17. The molecule has 2 heterocycles. The molecule has 0 N–H and O–H groups in total. The predicted octanol–water partition coefficient (Wildman–Crippen LogP) is 13.6. The molecule has 11 aromatic rings. The van der Waals surface area contributed by atoms with Gasteiger partial charge in [0.2, 0.25) is 0 Å². The lowest BCUT2D eigenvalue weighted by atomic mass is 9.94. The van der Waals surface area contributed by atoms with Crippen LogP contribution >= 0.6 is 0 Å². The van der Waals surface area contributed by atoms with Crippen LogP contribution in [-0.2, 0) is 0 Å². The number of aromatic nitrogens is 4. The van der Waals surface area contributed by atoms with E-state index >= 15 is 0 Å². The summed E-state index contributed by atoms with van der Waals surface area (Å²) in [5, 5.41) is 11.1. The minimum atomic E-state index is 0.363. The maximum Gasteiger partial charge on any atom is 0.146 e. The first kappa shape index (κ1) is 37.5. The topological polar surface area (TPSA) is 35.6 Å². The van der Waals surface area contributed by atoms with Gasteiger partial charge >= 0.3 is 0 Å². The first-order valence-corrected chi connectivity index (χ1v) is 20.8. The molecule has 11 rings (SSSR count). The highest BCUT2D eigenvalue weighted by atomic mass is 15.1. The van der Waals surface area contributed by atoms with Crippen molar-refractivity contribution in [3.05, 3.63) is 206 Å². The smallest absolute Gasteiger partial charge is 0.146 e. The Morgan fingerprint density at radius 2 is 1.08 bits per heavy atom. The molecule has 0 aliphatic carbocycles. The summed E-state index contributed by atoms with van der Waals surface area (Å²) in [7, 11) is 0. The van der Waals surface area contributed by atoms with Crippen LogP contribution in [-0.4, -0.2) is 19.1 Å². The monoisotopic (exact) mass is 784 g/mol. The van der Waals surface area contributed by atoms with Crippen LogP contribution in [0, 0.1) is 0 Å². The zero-order valence-electron chi connectivity index (χ0n) is 34.4. The number of hydrogen-bond donors (Lipinski definition) is 0. The van der Waals surface area contributed by atoms with Gasteiger partial charge in [0, 0.05) is 43.9 Å². The quantitative estimate of drug-likeness (QED) is 0.124. The number of imidazole rings is 2. The molecule has 0 bridgehead atoms. The summed E-state index contributed by atoms with van der Waals surface area (Å²) in [5.74, 6) is 2.12. The highest BCUT2D eigenvalue weighted by Gasteiger charge is 2.24. The zero-order valence-corrected chi connectivity index (χ0v) is 34.4. The van der Waals surface area contributed by atoms with Crippen molar-refractivity contribution in [1.82, 2.24) is 19.1 Å². The summed E-state index contributed by atoms with van der Waals surface area (Å²) < 4.78 is 4.70. The lowest BCUT2D eigenvalue weighted by Crippen LogP contribution is -2.25. The maximum absolute atomic E-state index is 5.72. The van der Waals surface area contributed by atoms with Crippen molar-refractivity contribution in [2.24, 2.45) is 0 Å². The first-order chi connectivity index (χ1) is 30.0. The Balaban J connectivity index is 0.00000220. The van der Waals surface area contributed by atoms with E-state index in [2.05, 4.69) is 213 Å². The van der Waals surface area contributed by atoms with E-state index in [1.54, 1.807) is 0 Å². The van der Waals surface area contributed by atoms with Gasteiger partial charge in [0.1, 0.15) is 11.6 Å². The van der Waals surface area contributed by atoms with Crippen LogP contribution in [0.5, 0.6) is 0 Å². The third-order valence-corrected chi connectivity index (χ3v) is 12.0. The number of nitrogens with zero attached hydrogens (tertiary/aromatic N) is 4. The standard InChI is InChI=1S/C55H40N4.C2H4/c1-5-17-42-35(4)41-24-14-15-26-46(41)52-50(42)56-54(58(52)39-20-8-6-9-21-39)38-29-31-44-45-30-28-37(34(2)3)32-49(45)53-51(48(44)33-38)57-55(59(53)40-22-10-7-11-23-40)47-27-16-19-36-18-12-13-25-43(36)47;1-2/h5-34H,1,4H2,2-3H3;1-2H2/b42-17+;. The molecule has 0 spiro atoms. The van der Waals surface area contributed by atoms with E-state index in [0.717, 1.165) is 88.2 Å². The van der Waals surface area contributed by atoms with Gasteiger partial charge < -0.3 is 0 Å². The molecule has 0 radical (unpaired) electrons. The lowest BCUT2D eigenvalue weighted by Gasteiger charge is -2.15. The number of rotatable bonds is 6. The molecule has 0 unspecified atom stereocenters. The van der Waals surface area contributed by atoms with E-state index in [1.165, 1.54) is 27.1 Å². The summed E-state index contributed by atoms with van der Waals surface area (Å²) in [4.78, 5) is 11.3. The fourth-order valence-corrected chi connectivity index (χ4v) is 9.17. The van der Waals surface area contributed by atoms with Crippen molar-refractivity contribution in [1.29, 1.82) is 0 Å². The van der Waals surface area contributed by atoms with E-state index < -0.39 is 0 Å². The number of allylic oxidation sites excluding steroid dienone is 1. The van der Waals surface area contributed by atoms with Crippen LogP contribution in [0.25, 0.3) is 112 Å². The second kappa shape index (κ2) is 15.1. The van der Waals surface area contributed by atoms with Gasteiger partial charge in [-0.3, -0.25) is 9.13 Å². The molecule has 0 amide bonds. The zero-order chi connectivity index (χ0) is 41.8. The second-order valence-electron chi connectivity index (χ2n) is 15.7. The van der Waals surface area contributed by atoms with Crippen molar-refractivity contribution in [2.75, 3.05) is 0 Å². The minimum absolute atomic E-state index is 0.363. The van der Waals surface area contributed by atoms with Gasteiger partial charge in [-0.25, -0.2) is 9.97 Å². The fraction of sp³-hybridized carbons (Fsp3) is 0.0526. The van der Waals surface area contributed by atoms with Gasteiger partial charge in [-0.2, -0.15) is 0 Å². The Kier molecular flexibility index (Phi) is 9.26. The summed E-state index contributed by atoms with van der Waals surface area (Å²) in [6.45, 7) is 19.2. The van der Waals surface area contributed by atoms with Crippen LogP contribution in [0.3, 0.4) is 0 Å². The average Bonchev–Trinajstić information content (AvgIpc) is 3.92. The molecule has 4 heteroatoms. The van der Waals surface area contributed by atoms with Crippen LogP contribution in [0.15, 0.2) is 190 Å². The largest absolute Gasteiger partial charge is 0.292 e. The highest BCUT2D eigenvalue weighted by molar-refractivity contribution is 6.25. The summed E-state index contributed by atoms with van der Waals surface area (Å²) in [6, 6.07) is 58.7. The van der Waals surface area contributed by atoms with Crippen LogP contribution in [0.2, 0.25) is 0 Å². The van der Waals surface area contributed by atoms with E-state index in [0.29, 0.717) is 5.92 Å². The normalized spacial score (nSPS) is 12.0. The predicted molar refractivity (Wildman–Crippen MR) is 261 cm³/mol.